The molecule has 0 spiro atoms. The van der Waals surface area contributed by atoms with Gasteiger partial charge in [0.2, 0.25) is 0 Å². The molecule has 0 radical (unpaired) electrons. The number of aryl methyl sites for hydroxylation is 1. The average Bonchev–Trinajstić information content (AvgIpc) is 2.72. The van der Waals surface area contributed by atoms with Gasteiger partial charge in [-0.2, -0.15) is 0 Å². The Bertz CT molecular complexity index is 533. The fraction of sp³-hybridized carbons (Fsp3) is 0.308. The molecule has 2 aromatic rings. The van der Waals surface area contributed by atoms with Gasteiger partial charge in [0.25, 0.3) is 0 Å². The van der Waals surface area contributed by atoms with Crippen LogP contribution in [-0.2, 0) is 16.0 Å². The number of halogens is 1. The highest BCUT2D eigenvalue weighted by molar-refractivity contribution is 5.83. The maximum absolute atomic E-state index is 13.1. The Labute approximate surface area is 98.6 Å². The molecular weight excluding hydrogens is 221 g/mol. The molecule has 1 aromatic heterocycles. The number of ether oxygens (including phenoxy) is 1. The number of esters is 1. The number of benzene rings is 1. The highest BCUT2D eigenvalue weighted by Crippen LogP contribution is 2.20. The van der Waals surface area contributed by atoms with E-state index >= 15 is 0 Å². The number of aromatic nitrogens is 1. The van der Waals surface area contributed by atoms with Crippen molar-refractivity contribution in [1.29, 1.82) is 0 Å². The maximum atomic E-state index is 13.1. The van der Waals surface area contributed by atoms with Gasteiger partial charge in [0, 0.05) is 23.5 Å². The summed E-state index contributed by atoms with van der Waals surface area (Å²) in [4.78, 5) is 14.1. The lowest BCUT2D eigenvalue weighted by Gasteiger charge is -1.99. The predicted molar refractivity (Wildman–Crippen MR) is 63.2 cm³/mol. The number of carbonyl (C=O) groups excluding carboxylic acids is 1. The first-order chi connectivity index (χ1) is 8.20. The second kappa shape index (κ2) is 4.99. The number of hydrogen-bond donors (Lipinski definition) is 1. The second-order valence-electron chi connectivity index (χ2n) is 3.93. The second-order valence-corrected chi connectivity index (χ2v) is 3.93. The summed E-state index contributed by atoms with van der Waals surface area (Å²) in [7, 11) is 1.38. The SMILES string of the molecule is COC(=O)CCCc1c[nH]c2ccc(F)cc12. The highest BCUT2D eigenvalue weighted by atomic mass is 19.1. The third-order valence-corrected chi connectivity index (χ3v) is 2.78. The van der Waals surface area contributed by atoms with Crippen molar-refractivity contribution in [3.63, 3.8) is 0 Å². The van der Waals surface area contributed by atoms with E-state index in [1.807, 2.05) is 6.20 Å². The molecule has 17 heavy (non-hydrogen) atoms. The Kier molecular flexibility index (Phi) is 3.42. The minimum atomic E-state index is -0.244. The molecule has 0 unspecified atom stereocenters. The molecule has 0 bridgehead atoms. The molecule has 1 heterocycles. The van der Waals surface area contributed by atoms with Crippen molar-refractivity contribution >= 4 is 16.9 Å². The molecule has 0 atom stereocenters. The maximum Gasteiger partial charge on any atom is 0.305 e. The van der Waals surface area contributed by atoms with Crippen molar-refractivity contribution in [3.05, 3.63) is 35.8 Å². The van der Waals surface area contributed by atoms with Crippen LogP contribution in [0.4, 0.5) is 4.39 Å². The molecule has 1 aromatic carbocycles. The highest BCUT2D eigenvalue weighted by Gasteiger charge is 2.06. The van der Waals surface area contributed by atoms with Crippen molar-refractivity contribution in [2.75, 3.05) is 7.11 Å². The van der Waals surface area contributed by atoms with Crippen LogP contribution in [0, 0.1) is 5.82 Å². The summed E-state index contributed by atoms with van der Waals surface area (Å²) in [5.41, 5.74) is 1.95. The van der Waals surface area contributed by atoms with Crippen LogP contribution in [0.2, 0.25) is 0 Å². The molecule has 0 saturated heterocycles. The minimum Gasteiger partial charge on any atom is -0.469 e. The van der Waals surface area contributed by atoms with Crippen molar-refractivity contribution in [2.45, 2.75) is 19.3 Å². The van der Waals surface area contributed by atoms with Crippen molar-refractivity contribution in [3.8, 4) is 0 Å². The number of rotatable bonds is 4. The Morgan fingerprint density at radius 1 is 1.47 bits per heavy atom. The van der Waals surface area contributed by atoms with Gasteiger partial charge in [-0.1, -0.05) is 0 Å². The molecule has 4 heteroatoms. The van der Waals surface area contributed by atoms with E-state index in [4.69, 9.17) is 0 Å². The summed E-state index contributed by atoms with van der Waals surface area (Å²) >= 11 is 0. The van der Waals surface area contributed by atoms with Crippen molar-refractivity contribution < 1.29 is 13.9 Å². The lowest BCUT2D eigenvalue weighted by molar-refractivity contribution is -0.140. The van der Waals surface area contributed by atoms with E-state index < -0.39 is 0 Å². The van der Waals surface area contributed by atoms with Crippen LogP contribution in [0.5, 0.6) is 0 Å². The number of hydrogen-bond acceptors (Lipinski definition) is 2. The van der Waals surface area contributed by atoms with Crippen LogP contribution in [0.3, 0.4) is 0 Å². The predicted octanol–water partition coefficient (Wildman–Crippen LogP) is 2.80. The normalized spacial score (nSPS) is 10.7. The van der Waals surface area contributed by atoms with Crippen molar-refractivity contribution in [1.82, 2.24) is 4.98 Å². The van der Waals surface area contributed by atoms with Crippen LogP contribution in [0.15, 0.2) is 24.4 Å². The van der Waals surface area contributed by atoms with E-state index in [-0.39, 0.29) is 11.8 Å². The summed E-state index contributed by atoms with van der Waals surface area (Å²) < 4.78 is 17.7. The van der Waals surface area contributed by atoms with Crippen LogP contribution in [0.25, 0.3) is 10.9 Å². The minimum absolute atomic E-state index is 0.212. The zero-order valence-electron chi connectivity index (χ0n) is 9.63. The number of methoxy groups -OCH3 is 1. The van der Waals surface area contributed by atoms with Gasteiger partial charge in [0.05, 0.1) is 7.11 Å². The molecule has 90 valence electrons. The van der Waals surface area contributed by atoms with Crippen LogP contribution < -0.4 is 0 Å². The fourth-order valence-electron chi connectivity index (χ4n) is 1.88. The largest absolute Gasteiger partial charge is 0.469 e. The van der Waals surface area contributed by atoms with E-state index in [0.717, 1.165) is 22.9 Å². The zero-order chi connectivity index (χ0) is 12.3. The molecule has 3 nitrogen and oxygen atoms in total. The fourth-order valence-corrected chi connectivity index (χ4v) is 1.88. The quantitative estimate of drug-likeness (QED) is 0.828. The molecule has 0 amide bonds. The molecule has 2 rings (SSSR count). The van der Waals surface area contributed by atoms with Gasteiger partial charge in [0.15, 0.2) is 0 Å². The summed E-state index contributed by atoms with van der Waals surface area (Å²) in [6.07, 6.45) is 3.69. The molecule has 0 saturated carbocycles. The summed E-state index contributed by atoms with van der Waals surface area (Å²) in [6.45, 7) is 0. The van der Waals surface area contributed by atoms with E-state index in [1.165, 1.54) is 19.2 Å². The molecule has 0 aliphatic rings. The number of carbonyl (C=O) groups is 1. The third kappa shape index (κ3) is 2.64. The number of aromatic amines is 1. The van der Waals surface area contributed by atoms with Crippen LogP contribution >= 0.6 is 0 Å². The van der Waals surface area contributed by atoms with Crippen molar-refractivity contribution in [2.24, 2.45) is 0 Å². The lowest BCUT2D eigenvalue weighted by atomic mass is 10.1. The van der Waals surface area contributed by atoms with E-state index in [2.05, 4.69) is 9.72 Å². The molecule has 0 aliphatic carbocycles. The number of fused-ring (bicyclic) bond motifs is 1. The van der Waals surface area contributed by atoms with Gasteiger partial charge in [-0.3, -0.25) is 4.79 Å². The third-order valence-electron chi connectivity index (χ3n) is 2.78. The number of H-pyrrole nitrogens is 1. The van der Waals surface area contributed by atoms with E-state index in [9.17, 15) is 9.18 Å². The van der Waals surface area contributed by atoms with E-state index in [0.29, 0.717) is 12.8 Å². The van der Waals surface area contributed by atoms with Gasteiger partial charge >= 0.3 is 5.97 Å². The Morgan fingerprint density at radius 2 is 2.29 bits per heavy atom. The van der Waals surface area contributed by atoms with Gasteiger partial charge in [-0.15, -0.1) is 0 Å². The van der Waals surface area contributed by atoms with Crippen LogP contribution in [-0.4, -0.2) is 18.1 Å². The van der Waals surface area contributed by atoms with Crippen LogP contribution in [0.1, 0.15) is 18.4 Å². The molecule has 0 aliphatic heterocycles. The zero-order valence-corrected chi connectivity index (χ0v) is 9.63. The molecule has 1 N–H and O–H groups in total. The molecule has 0 fully saturated rings. The average molecular weight is 235 g/mol. The van der Waals surface area contributed by atoms with Gasteiger partial charge < -0.3 is 9.72 Å². The summed E-state index contributed by atoms with van der Waals surface area (Å²) in [6, 6.07) is 4.66. The standard InChI is InChI=1S/C13H14FNO2/c1-17-13(16)4-2-3-9-8-15-12-6-5-10(14)7-11(9)12/h5-8,15H,2-4H2,1H3. The smallest absolute Gasteiger partial charge is 0.305 e. The first-order valence-corrected chi connectivity index (χ1v) is 5.53. The van der Waals surface area contributed by atoms with Gasteiger partial charge in [0.1, 0.15) is 5.82 Å². The lowest BCUT2D eigenvalue weighted by Crippen LogP contribution is -2.00. The first-order valence-electron chi connectivity index (χ1n) is 5.53. The monoisotopic (exact) mass is 235 g/mol. The topological polar surface area (TPSA) is 42.1 Å². The van der Waals surface area contributed by atoms with E-state index in [1.54, 1.807) is 6.07 Å². The molecular formula is C13H14FNO2. The Morgan fingerprint density at radius 3 is 3.06 bits per heavy atom. The Balaban J connectivity index is 2.08. The summed E-state index contributed by atoms with van der Waals surface area (Å²) in [5.74, 6) is -0.456. The first kappa shape index (κ1) is 11.6. The number of nitrogens with one attached hydrogen (secondary N) is 1. The van der Waals surface area contributed by atoms with Gasteiger partial charge in [-0.05, 0) is 36.6 Å². The Hall–Kier alpha value is -1.84. The summed E-state index contributed by atoms with van der Waals surface area (Å²) in [5, 5.41) is 0.884. The van der Waals surface area contributed by atoms with Gasteiger partial charge in [-0.25, -0.2) is 4.39 Å².